The highest BCUT2D eigenvalue weighted by molar-refractivity contribution is 6.38. The normalized spacial score (nSPS) is 12.2. The molecule has 0 saturated carbocycles. The minimum absolute atomic E-state index is 0.314. The lowest BCUT2D eigenvalue weighted by Gasteiger charge is -2.22. The van der Waals surface area contributed by atoms with E-state index < -0.39 is 0 Å². The van der Waals surface area contributed by atoms with Crippen LogP contribution in [0.1, 0.15) is 39.3 Å². The predicted molar refractivity (Wildman–Crippen MR) is 115 cm³/mol. The summed E-state index contributed by atoms with van der Waals surface area (Å²) in [5.74, 6) is 1.63. The van der Waals surface area contributed by atoms with E-state index in [1.54, 1.807) is 6.20 Å². The van der Waals surface area contributed by atoms with Crippen LogP contribution in [0.4, 0.5) is 5.82 Å². The number of benzene rings is 1. The van der Waals surface area contributed by atoms with Gasteiger partial charge in [-0.15, -0.1) is 0 Å². The molecule has 0 saturated heterocycles. The van der Waals surface area contributed by atoms with Crippen molar-refractivity contribution in [2.75, 3.05) is 11.9 Å². The molecule has 4 rings (SSSR count). The van der Waals surface area contributed by atoms with Crippen LogP contribution in [0.5, 0.6) is 0 Å². The zero-order chi connectivity index (χ0) is 19.9. The molecule has 7 heteroatoms. The summed E-state index contributed by atoms with van der Waals surface area (Å²) >= 11 is 6.73. The zero-order valence-electron chi connectivity index (χ0n) is 16.7. The molecular weight excluding hydrogens is 372 g/mol. The molecule has 2 N–H and O–H groups in total. The largest absolute Gasteiger partial charge is 0.368 e. The average Bonchev–Trinajstić information content (AvgIpc) is 3.27. The van der Waals surface area contributed by atoms with Crippen molar-refractivity contribution in [1.29, 1.82) is 0 Å². The molecule has 0 aliphatic rings. The van der Waals surface area contributed by atoms with E-state index in [1.165, 1.54) is 0 Å². The monoisotopic (exact) mass is 396 g/mol. The molecule has 0 atom stereocenters. The summed E-state index contributed by atoms with van der Waals surface area (Å²) in [6.45, 7) is 9.64. The zero-order valence-corrected chi connectivity index (χ0v) is 17.4. The van der Waals surface area contributed by atoms with Crippen molar-refractivity contribution in [3.8, 4) is 11.4 Å². The van der Waals surface area contributed by atoms with Crippen molar-refractivity contribution in [2.24, 2.45) is 5.41 Å². The molecule has 0 unspecified atom stereocenters. The van der Waals surface area contributed by atoms with Crippen LogP contribution in [-0.2, 0) is 0 Å². The topological polar surface area (TPSA) is 70.9 Å². The van der Waals surface area contributed by atoms with Crippen molar-refractivity contribution < 1.29 is 0 Å². The lowest BCUT2D eigenvalue weighted by Crippen LogP contribution is -2.16. The number of aryl methyl sites for hydroxylation is 1. The van der Waals surface area contributed by atoms with Crippen molar-refractivity contribution >= 4 is 33.8 Å². The Hall–Kier alpha value is -2.60. The molecule has 0 radical (unpaired) electrons. The summed E-state index contributed by atoms with van der Waals surface area (Å²) in [7, 11) is 0. The summed E-state index contributed by atoms with van der Waals surface area (Å²) in [5, 5.41) is 12.3. The van der Waals surface area contributed by atoms with E-state index in [0.717, 1.165) is 58.7 Å². The van der Waals surface area contributed by atoms with Crippen LogP contribution in [0.25, 0.3) is 27.8 Å². The van der Waals surface area contributed by atoms with E-state index in [-0.39, 0.29) is 0 Å². The third kappa shape index (κ3) is 3.22. The first kappa shape index (κ1) is 18.7. The number of hydrogen-bond acceptors (Lipinski definition) is 4. The average molecular weight is 397 g/mol. The van der Waals surface area contributed by atoms with Crippen molar-refractivity contribution in [3.63, 3.8) is 0 Å². The fraction of sp³-hybridized carbons (Fsp3) is 0.381. The molecule has 6 nitrogen and oxygen atoms in total. The molecule has 3 heterocycles. The lowest BCUT2D eigenvalue weighted by molar-refractivity contribution is 0.332. The van der Waals surface area contributed by atoms with Crippen LogP contribution < -0.4 is 5.32 Å². The highest BCUT2D eigenvalue weighted by Gasteiger charge is 2.18. The Morgan fingerprint density at radius 3 is 2.86 bits per heavy atom. The van der Waals surface area contributed by atoms with Gasteiger partial charge in [0.15, 0.2) is 5.82 Å². The summed E-state index contributed by atoms with van der Waals surface area (Å²) in [5.41, 5.74) is 3.93. The van der Waals surface area contributed by atoms with E-state index in [2.05, 4.69) is 46.3 Å². The number of aromatic amines is 1. The Kier molecular flexibility index (Phi) is 4.75. The molecular formula is C21H25ClN6. The van der Waals surface area contributed by atoms with Crippen molar-refractivity contribution in [2.45, 2.75) is 40.5 Å². The van der Waals surface area contributed by atoms with Gasteiger partial charge in [0.1, 0.15) is 11.3 Å². The fourth-order valence-corrected chi connectivity index (χ4v) is 3.73. The molecule has 0 bridgehead atoms. The van der Waals surface area contributed by atoms with Gasteiger partial charge in [-0.25, -0.2) is 9.97 Å². The third-order valence-corrected chi connectivity index (χ3v) is 5.98. The van der Waals surface area contributed by atoms with Crippen LogP contribution in [0.15, 0.2) is 30.7 Å². The smallest absolute Gasteiger partial charge is 0.151 e. The summed E-state index contributed by atoms with van der Waals surface area (Å²) in [4.78, 5) is 9.17. The van der Waals surface area contributed by atoms with Crippen molar-refractivity contribution in [3.05, 3.63) is 41.4 Å². The minimum Gasteiger partial charge on any atom is -0.368 e. The second-order valence-electron chi connectivity index (χ2n) is 7.98. The van der Waals surface area contributed by atoms with Crippen LogP contribution in [0, 0.1) is 12.3 Å². The van der Waals surface area contributed by atoms with Gasteiger partial charge in [0.25, 0.3) is 0 Å². The van der Waals surface area contributed by atoms with E-state index in [0.29, 0.717) is 10.4 Å². The Morgan fingerprint density at radius 1 is 1.25 bits per heavy atom. The number of aromatic nitrogens is 5. The SMILES string of the molecule is CCC(C)(C)CCNc1nccn2c(-c3ccc4n[nH]c(C)c4c3Cl)ncc12. The molecule has 3 aromatic heterocycles. The van der Waals surface area contributed by atoms with E-state index >= 15 is 0 Å². The van der Waals surface area contributed by atoms with Crippen LogP contribution in [0.3, 0.4) is 0 Å². The first-order chi connectivity index (χ1) is 13.4. The second-order valence-corrected chi connectivity index (χ2v) is 8.36. The van der Waals surface area contributed by atoms with Crippen LogP contribution in [-0.4, -0.2) is 31.1 Å². The Bertz CT molecular complexity index is 1140. The number of hydrogen-bond donors (Lipinski definition) is 2. The maximum Gasteiger partial charge on any atom is 0.151 e. The second kappa shape index (κ2) is 7.09. The van der Waals surface area contributed by atoms with Gasteiger partial charge >= 0.3 is 0 Å². The summed E-state index contributed by atoms with van der Waals surface area (Å²) < 4.78 is 2.03. The van der Waals surface area contributed by atoms with Gasteiger partial charge in [-0.2, -0.15) is 5.10 Å². The van der Waals surface area contributed by atoms with Crippen molar-refractivity contribution in [1.82, 2.24) is 24.6 Å². The van der Waals surface area contributed by atoms with Gasteiger partial charge in [0.05, 0.1) is 16.7 Å². The number of nitrogens with one attached hydrogen (secondary N) is 2. The Balaban J connectivity index is 1.71. The first-order valence-corrected chi connectivity index (χ1v) is 9.98. The van der Waals surface area contributed by atoms with Crippen LogP contribution >= 0.6 is 11.6 Å². The molecule has 0 spiro atoms. The summed E-state index contributed by atoms with van der Waals surface area (Å²) in [6, 6.07) is 3.94. The molecule has 4 aromatic rings. The highest BCUT2D eigenvalue weighted by Crippen LogP contribution is 2.35. The molecule has 1 aromatic carbocycles. The van der Waals surface area contributed by atoms with Gasteiger partial charge < -0.3 is 5.32 Å². The maximum absolute atomic E-state index is 6.73. The third-order valence-electron chi connectivity index (χ3n) is 5.59. The van der Waals surface area contributed by atoms with E-state index in [1.807, 2.05) is 35.9 Å². The standard InChI is InChI=1S/C21H25ClN6/c1-5-21(3,4)8-9-23-19-16-12-25-20(28(16)11-10-24-19)14-6-7-15-17(18(14)22)13(2)26-27-15/h6-7,10-12H,5,8-9H2,1-4H3,(H,23,24)(H,26,27). The molecule has 0 amide bonds. The molecule has 28 heavy (non-hydrogen) atoms. The van der Waals surface area contributed by atoms with Crippen LogP contribution in [0.2, 0.25) is 5.02 Å². The number of imidazole rings is 1. The number of nitrogens with zero attached hydrogens (tertiary/aromatic N) is 4. The van der Waals surface area contributed by atoms with Gasteiger partial charge in [-0.05, 0) is 30.9 Å². The van der Waals surface area contributed by atoms with Gasteiger partial charge in [0, 0.05) is 35.6 Å². The number of rotatable bonds is 6. The lowest BCUT2D eigenvalue weighted by atomic mass is 9.87. The number of anilines is 1. The van der Waals surface area contributed by atoms with E-state index in [4.69, 9.17) is 11.6 Å². The number of fused-ring (bicyclic) bond motifs is 2. The molecule has 0 aliphatic heterocycles. The quantitative estimate of drug-likeness (QED) is 0.453. The fourth-order valence-electron chi connectivity index (χ4n) is 3.35. The maximum atomic E-state index is 6.73. The summed E-state index contributed by atoms with van der Waals surface area (Å²) in [6.07, 6.45) is 7.79. The predicted octanol–water partition coefficient (Wildman–Crippen LogP) is 5.47. The highest BCUT2D eigenvalue weighted by atomic mass is 35.5. The van der Waals surface area contributed by atoms with E-state index in [9.17, 15) is 0 Å². The van der Waals surface area contributed by atoms with Gasteiger partial charge in [-0.3, -0.25) is 9.50 Å². The molecule has 146 valence electrons. The van der Waals surface area contributed by atoms with Gasteiger partial charge in [0.2, 0.25) is 0 Å². The molecule has 0 aliphatic carbocycles. The van der Waals surface area contributed by atoms with Gasteiger partial charge in [-0.1, -0.05) is 38.8 Å². The first-order valence-electron chi connectivity index (χ1n) is 9.61. The minimum atomic E-state index is 0.314. The molecule has 0 fully saturated rings. The number of H-pyrrole nitrogens is 1. The Morgan fingerprint density at radius 2 is 2.07 bits per heavy atom. The number of halogens is 1. The Labute approximate surface area is 169 Å².